The molecule has 1 heterocycles. The molecule has 0 unspecified atom stereocenters. The number of rotatable bonds is 6. The Morgan fingerprint density at radius 3 is 2.29 bits per heavy atom. The molecule has 0 amide bonds. The third-order valence-electron chi connectivity index (χ3n) is 2.32. The van der Waals surface area contributed by atoms with E-state index in [1.165, 1.54) is 16.7 Å². The first-order valence-corrected chi connectivity index (χ1v) is 7.00. The van der Waals surface area contributed by atoms with Gasteiger partial charge in [0.05, 0.1) is 12.4 Å². The van der Waals surface area contributed by atoms with E-state index in [9.17, 15) is 8.42 Å². The summed E-state index contributed by atoms with van der Waals surface area (Å²) < 4.78 is 25.8. The number of nitrogens with zero attached hydrogens (tertiary/aromatic N) is 3. The number of sulfonamides is 1. The monoisotopic (exact) mass is 258 g/mol. The highest BCUT2D eigenvalue weighted by molar-refractivity contribution is 7.89. The van der Waals surface area contributed by atoms with Crippen LogP contribution in [0.25, 0.3) is 0 Å². The fourth-order valence-corrected chi connectivity index (χ4v) is 2.86. The zero-order valence-corrected chi connectivity index (χ0v) is 11.2. The van der Waals surface area contributed by atoms with E-state index in [0.717, 1.165) is 6.42 Å². The van der Waals surface area contributed by atoms with Gasteiger partial charge in [-0.2, -0.15) is 4.31 Å². The van der Waals surface area contributed by atoms with E-state index in [0.29, 0.717) is 19.0 Å². The van der Waals surface area contributed by atoms with Crippen molar-refractivity contribution in [3.05, 3.63) is 12.4 Å². The molecule has 0 atom stereocenters. The molecule has 6 nitrogen and oxygen atoms in total. The van der Waals surface area contributed by atoms with Crippen LogP contribution in [0, 0.1) is 0 Å². The van der Waals surface area contributed by atoms with E-state index < -0.39 is 10.0 Å². The second-order valence-corrected chi connectivity index (χ2v) is 5.43. The second-order valence-electron chi connectivity index (χ2n) is 3.49. The summed E-state index contributed by atoms with van der Waals surface area (Å²) in [5, 5.41) is 2.74. The van der Waals surface area contributed by atoms with Gasteiger partial charge in [0.15, 0.2) is 0 Å². The molecule has 7 heteroatoms. The first-order chi connectivity index (χ1) is 8.06. The normalized spacial score (nSPS) is 11.8. The van der Waals surface area contributed by atoms with Crippen molar-refractivity contribution in [3.63, 3.8) is 0 Å². The Labute approximate surface area is 102 Å². The maximum Gasteiger partial charge on any atom is 0.246 e. The fourth-order valence-electron chi connectivity index (χ4n) is 1.43. The van der Waals surface area contributed by atoms with Gasteiger partial charge in [-0.15, -0.1) is 0 Å². The van der Waals surface area contributed by atoms with Gasteiger partial charge in [0, 0.05) is 20.1 Å². The van der Waals surface area contributed by atoms with E-state index in [2.05, 4.69) is 15.3 Å². The predicted molar refractivity (Wildman–Crippen MR) is 66.3 cm³/mol. The minimum absolute atomic E-state index is 0.131. The molecule has 0 aliphatic rings. The van der Waals surface area contributed by atoms with E-state index in [-0.39, 0.29) is 4.90 Å². The van der Waals surface area contributed by atoms with Crippen molar-refractivity contribution in [2.75, 3.05) is 25.5 Å². The summed E-state index contributed by atoms with van der Waals surface area (Å²) in [5.41, 5.74) is 0. The molecule has 0 aliphatic carbocycles. The van der Waals surface area contributed by atoms with Gasteiger partial charge < -0.3 is 5.32 Å². The van der Waals surface area contributed by atoms with Gasteiger partial charge in [0.25, 0.3) is 0 Å². The first kappa shape index (κ1) is 13.9. The van der Waals surface area contributed by atoms with Gasteiger partial charge in [0.2, 0.25) is 16.0 Å². The van der Waals surface area contributed by atoms with Crippen LogP contribution in [0.3, 0.4) is 0 Å². The summed E-state index contributed by atoms with van der Waals surface area (Å²) in [6, 6.07) is 0. The van der Waals surface area contributed by atoms with Crippen LogP contribution in [0.1, 0.15) is 20.3 Å². The molecule has 17 heavy (non-hydrogen) atoms. The summed E-state index contributed by atoms with van der Waals surface area (Å²) in [7, 11) is -1.78. The maximum absolute atomic E-state index is 12.2. The Kier molecular flexibility index (Phi) is 4.83. The van der Waals surface area contributed by atoms with Gasteiger partial charge in [-0.05, 0) is 6.42 Å². The van der Waals surface area contributed by atoms with Crippen LogP contribution in [0.2, 0.25) is 0 Å². The molecule has 0 saturated heterocycles. The van der Waals surface area contributed by atoms with Crippen molar-refractivity contribution in [3.8, 4) is 0 Å². The largest absolute Gasteiger partial charge is 0.357 e. The van der Waals surface area contributed by atoms with E-state index in [4.69, 9.17) is 0 Å². The highest BCUT2D eigenvalue weighted by Gasteiger charge is 2.22. The SMILES string of the molecule is CCCN(CC)S(=O)(=O)c1cnc(NC)nc1. The van der Waals surface area contributed by atoms with Gasteiger partial charge >= 0.3 is 0 Å². The molecule has 0 aromatic carbocycles. The number of hydrogen-bond donors (Lipinski definition) is 1. The number of anilines is 1. The lowest BCUT2D eigenvalue weighted by atomic mass is 10.5. The lowest BCUT2D eigenvalue weighted by molar-refractivity contribution is 0.426. The Morgan fingerprint density at radius 2 is 1.88 bits per heavy atom. The number of aromatic nitrogens is 2. The average molecular weight is 258 g/mol. The number of nitrogens with one attached hydrogen (secondary N) is 1. The molecule has 0 aliphatic heterocycles. The fraction of sp³-hybridized carbons (Fsp3) is 0.600. The summed E-state index contributed by atoms with van der Waals surface area (Å²) in [6.07, 6.45) is 3.43. The van der Waals surface area contributed by atoms with Crippen LogP contribution in [0.4, 0.5) is 5.95 Å². The Bertz CT molecular complexity index is 444. The van der Waals surface area contributed by atoms with Crippen molar-refractivity contribution < 1.29 is 8.42 Å². The minimum atomic E-state index is -3.46. The zero-order valence-electron chi connectivity index (χ0n) is 10.3. The summed E-state index contributed by atoms with van der Waals surface area (Å²) >= 11 is 0. The standard InChI is InChI=1S/C10H18N4O2S/c1-4-6-14(5-2)17(15,16)9-7-12-10(11-3)13-8-9/h7-8H,4-6H2,1-3H3,(H,11,12,13). The highest BCUT2D eigenvalue weighted by atomic mass is 32.2. The summed E-state index contributed by atoms with van der Waals surface area (Å²) in [6.45, 7) is 4.71. The van der Waals surface area contributed by atoms with Gasteiger partial charge in [0.1, 0.15) is 4.90 Å². The van der Waals surface area contributed by atoms with Gasteiger partial charge in [-0.3, -0.25) is 0 Å². The molecule has 0 radical (unpaired) electrons. The summed E-state index contributed by atoms with van der Waals surface area (Å²) in [5.74, 6) is 0.405. The van der Waals surface area contributed by atoms with Crippen LogP contribution in [0.15, 0.2) is 17.3 Å². The molecule has 96 valence electrons. The van der Waals surface area contributed by atoms with Crippen molar-refractivity contribution in [1.82, 2.24) is 14.3 Å². The summed E-state index contributed by atoms with van der Waals surface area (Å²) in [4.78, 5) is 7.96. The predicted octanol–water partition coefficient (Wildman–Crippen LogP) is 0.939. The lowest BCUT2D eigenvalue weighted by Crippen LogP contribution is -2.31. The maximum atomic E-state index is 12.2. The minimum Gasteiger partial charge on any atom is -0.357 e. The molecular formula is C10H18N4O2S. The van der Waals surface area contributed by atoms with E-state index in [1.54, 1.807) is 7.05 Å². The molecule has 0 spiro atoms. The van der Waals surface area contributed by atoms with Gasteiger partial charge in [-0.1, -0.05) is 13.8 Å². The van der Waals surface area contributed by atoms with Crippen LogP contribution in [-0.2, 0) is 10.0 Å². The van der Waals surface area contributed by atoms with E-state index in [1.807, 2.05) is 13.8 Å². The smallest absolute Gasteiger partial charge is 0.246 e. The molecule has 1 rings (SSSR count). The van der Waals surface area contributed by atoms with Crippen molar-refractivity contribution >= 4 is 16.0 Å². The number of hydrogen-bond acceptors (Lipinski definition) is 5. The highest BCUT2D eigenvalue weighted by Crippen LogP contribution is 2.14. The van der Waals surface area contributed by atoms with Crippen molar-refractivity contribution in [1.29, 1.82) is 0 Å². The average Bonchev–Trinajstić information content (AvgIpc) is 2.35. The quantitative estimate of drug-likeness (QED) is 0.822. The zero-order chi connectivity index (χ0) is 12.9. The van der Waals surface area contributed by atoms with Crippen LogP contribution in [-0.4, -0.2) is 42.8 Å². The van der Waals surface area contributed by atoms with Crippen LogP contribution < -0.4 is 5.32 Å². The van der Waals surface area contributed by atoms with E-state index >= 15 is 0 Å². The second kappa shape index (κ2) is 5.92. The van der Waals surface area contributed by atoms with Crippen molar-refractivity contribution in [2.24, 2.45) is 0 Å². The molecule has 0 fully saturated rings. The topological polar surface area (TPSA) is 75.2 Å². The van der Waals surface area contributed by atoms with Crippen LogP contribution >= 0.6 is 0 Å². The Morgan fingerprint density at radius 1 is 1.29 bits per heavy atom. The molecule has 1 aromatic heterocycles. The third kappa shape index (κ3) is 3.13. The molecule has 0 bridgehead atoms. The van der Waals surface area contributed by atoms with Crippen LogP contribution in [0.5, 0.6) is 0 Å². The lowest BCUT2D eigenvalue weighted by Gasteiger charge is -2.19. The molecule has 1 aromatic rings. The Hall–Kier alpha value is -1.21. The van der Waals surface area contributed by atoms with Crippen molar-refractivity contribution in [2.45, 2.75) is 25.2 Å². The molecule has 0 saturated carbocycles. The molecular weight excluding hydrogens is 240 g/mol. The third-order valence-corrected chi connectivity index (χ3v) is 4.24. The van der Waals surface area contributed by atoms with Gasteiger partial charge in [-0.25, -0.2) is 18.4 Å². The first-order valence-electron chi connectivity index (χ1n) is 5.56. The Balaban J connectivity index is 3.02. The molecule has 1 N–H and O–H groups in total.